The predicted octanol–water partition coefficient (Wildman–Crippen LogP) is -0.497. The zero-order valence-corrected chi connectivity index (χ0v) is 6.55. The quantitative estimate of drug-likeness (QED) is 0.365. The molecule has 3 nitrogen and oxygen atoms in total. The highest BCUT2D eigenvalue weighted by Gasteiger charge is 2.42. The van der Waals surface area contributed by atoms with Gasteiger partial charge in [-0.05, 0) is 0 Å². The molecule has 2 N–H and O–H groups in total. The van der Waals surface area contributed by atoms with Gasteiger partial charge in [-0.2, -0.15) is 0 Å². The average Bonchev–Trinajstić information content (AvgIpc) is 2.62. The maximum absolute atomic E-state index is 5.09. The Morgan fingerprint density at radius 2 is 1.64 bits per heavy atom. The normalized spacial score (nSPS) is 37.8. The molecular weight excluding hydrogens is 140 g/mol. The van der Waals surface area contributed by atoms with Crippen LogP contribution >= 0.6 is 0 Å². The molecule has 0 saturated carbocycles. The first kappa shape index (κ1) is 7.28. The molecule has 2 unspecified atom stereocenters. The highest BCUT2D eigenvalue weighted by molar-refractivity contribution is 4.94. The number of epoxide rings is 1. The van der Waals surface area contributed by atoms with Crippen LogP contribution in [0, 0.1) is 0 Å². The molecule has 11 heavy (non-hydrogen) atoms. The zero-order valence-electron chi connectivity index (χ0n) is 6.55. The third kappa shape index (κ3) is 2.02. The minimum Gasteiger partial charge on any atom is -0.367 e. The first-order chi connectivity index (χ1) is 5.47. The Balaban J connectivity index is 0.0000000893. The van der Waals surface area contributed by atoms with Crippen LogP contribution in [0.2, 0.25) is 0 Å². The zero-order chi connectivity index (χ0) is 7.52. The minimum absolute atomic E-state index is 0.602. The van der Waals surface area contributed by atoms with Crippen molar-refractivity contribution in [2.75, 3.05) is 26.2 Å². The molecule has 62 valence electrons. The van der Waals surface area contributed by atoms with Crippen molar-refractivity contribution in [2.45, 2.75) is 12.2 Å². The van der Waals surface area contributed by atoms with E-state index in [0.717, 1.165) is 26.2 Å². The predicted molar refractivity (Wildman–Crippen MR) is 43.5 cm³/mol. The number of ether oxygens (including phenoxy) is 1. The fraction of sp³-hybridized carbons (Fsp3) is 0.750. The molecule has 0 spiro atoms. The molecule has 3 rings (SSSR count). The van der Waals surface area contributed by atoms with Crippen LogP contribution < -0.4 is 10.6 Å². The number of morpholine rings is 1. The molecule has 3 heterocycles. The van der Waals surface area contributed by atoms with Gasteiger partial charge in [-0.1, -0.05) is 12.2 Å². The van der Waals surface area contributed by atoms with E-state index in [-0.39, 0.29) is 0 Å². The van der Waals surface area contributed by atoms with Crippen LogP contribution in [0.4, 0.5) is 0 Å². The van der Waals surface area contributed by atoms with Gasteiger partial charge in [0.15, 0.2) is 0 Å². The Morgan fingerprint density at radius 3 is 1.82 bits per heavy atom. The monoisotopic (exact) mass is 154 g/mol. The van der Waals surface area contributed by atoms with Crippen molar-refractivity contribution in [3.63, 3.8) is 0 Å². The Kier molecular flexibility index (Phi) is 2.21. The lowest BCUT2D eigenvalue weighted by Crippen LogP contribution is -2.13. The van der Waals surface area contributed by atoms with Crippen molar-refractivity contribution in [1.82, 2.24) is 10.6 Å². The molecule has 0 aromatic carbocycles. The van der Waals surface area contributed by atoms with Gasteiger partial charge in [0.2, 0.25) is 0 Å². The molecule has 0 radical (unpaired) electrons. The van der Waals surface area contributed by atoms with Gasteiger partial charge in [0.25, 0.3) is 0 Å². The average molecular weight is 154 g/mol. The maximum Gasteiger partial charge on any atom is 0.0979 e. The van der Waals surface area contributed by atoms with Crippen LogP contribution in [0.1, 0.15) is 0 Å². The van der Waals surface area contributed by atoms with Crippen molar-refractivity contribution < 1.29 is 4.74 Å². The van der Waals surface area contributed by atoms with Crippen molar-refractivity contribution in [3.05, 3.63) is 12.2 Å². The highest BCUT2D eigenvalue weighted by Crippen LogP contribution is 2.24. The third-order valence-corrected chi connectivity index (χ3v) is 2.07. The molecule has 3 aliphatic heterocycles. The van der Waals surface area contributed by atoms with E-state index in [1.165, 1.54) is 0 Å². The van der Waals surface area contributed by atoms with Gasteiger partial charge in [-0.3, -0.25) is 0 Å². The lowest BCUT2D eigenvalue weighted by atomic mass is 10.4. The van der Waals surface area contributed by atoms with E-state index in [2.05, 4.69) is 22.8 Å². The van der Waals surface area contributed by atoms with Crippen LogP contribution in [0.15, 0.2) is 12.2 Å². The summed E-state index contributed by atoms with van der Waals surface area (Å²) in [6.45, 7) is 4.31. The third-order valence-electron chi connectivity index (χ3n) is 2.07. The van der Waals surface area contributed by atoms with Gasteiger partial charge >= 0.3 is 0 Å². The molecule has 0 aliphatic carbocycles. The van der Waals surface area contributed by atoms with Crippen LogP contribution in [-0.2, 0) is 4.74 Å². The second-order valence-corrected chi connectivity index (χ2v) is 3.00. The molecule has 2 saturated heterocycles. The molecule has 0 amide bonds. The Morgan fingerprint density at radius 1 is 1.00 bits per heavy atom. The molecular formula is C8H14N2O. The van der Waals surface area contributed by atoms with E-state index in [0.29, 0.717) is 12.2 Å². The van der Waals surface area contributed by atoms with Gasteiger partial charge in [0.05, 0.1) is 12.2 Å². The van der Waals surface area contributed by atoms with Crippen LogP contribution in [0.25, 0.3) is 0 Å². The molecule has 0 bridgehead atoms. The lowest BCUT2D eigenvalue weighted by molar-refractivity contribution is 0.331. The summed E-state index contributed by atoms with van der Waals surface area (Å²) in [7, 11) is 0. The van der Waals surface area contributed by atoms with Crippen molar-refractivity contribution in [3.8, 4) is 0 Å². The van der Waals surface area contributed by atoms with Crippen molar-refractivity contribution >= 4 is 0 Å². The van der Waals surface area contributed by atoms with E-state index >= 15 is 0 Å². The number of hydrogen-bond acceptors (Lipinski definition) is 3. The molecule has 3 heteroatoms. The summed E-state index contributed by atoms with van der Waals surface area (Å²) in [5.41, 5.74) is 0. The van der Waals surface area contributed by atoms with Crippen LogP contribution in [0.3, 0.4) is 0 Å². The lowest BCUT2D eigenvalue weighted by Gasteiger charge is -1.87. The first-order valence-corrected chi connectivity index (χ1v) is 4.19. The fourth-order valence-electron chi connectivity index (χ4n) is 1.32. The molecule has 2 fully saturated rings. The second-order valence-electron chi connectivity index (χ2n) is 3.00. The van der Waals surface area contributed by atoms with Gasteiger partial charge in [-0.25, -0.2) is 0 Å². The van der Waals surface area contributed by atoms with E-state index in [1.807, 2.05) is 0 Å². The summed E-state index contributed by atoms with van der Waals surface area (Å²) in [6, 6.07) is 0. The summed E-state index contributed by atoms with van der Waals surface area (Å²) in [5.74, 6) is 0. The van der Waals surface area contributed by atoms with Gasteiger partial charge < -0.3 is 15.4 Å². The maximum atomic E-state index is 5.09. The van der Waals surface area contributed by atoms with Gasteiger partial charge in [0, 0.05) is 26.2 Å². The molecule has 2 atom stereocenters. The molecule has 3 aliphatic rings. The van der Waals surface area contributed by atoms with Crippen LogP contribution in [0.5, 0.6) is 0 Å². The minimum atomic E-state index is 0.602. The van der Waals surface area contributed by atoms with E-state index < -0.39 is 0 Å². The second kappa shape index (κ2) is 3.34. The highest BCUT2D eigenvalue weighted by atomic mass is 16.6. The topological polar surface area (TPSA) is 36.6 Å². The Hall–Kier alpha value is -0.380. The Bertz CT molecular complexity index is 144. The summed E-state index contributed by atoms with van der Waals surface area (Å²) >= 11 is 0. The van der Waals surface area contributed by atoms with Crippen molar-refractivity contribution in [1.29, 1.82) is 0 Å². The summed E-state index contributed by atoms with van der Waals surface area (Å²) < 4.78 is 5.09. The van der Waals surface area contributed by atoms with E-state index in [4.69, 9.17) is 4.74 Å². The number of fused-ring (bicyclic) bond motifs is 1. The largest absolute Gasteiger partial charge is 0.367 e. The van der Waals surface area contributed by atoms with Crippen molar-refractivity contribution in [2.24, 2.45) is 0 Å². The van der Waals surface area contributed by atoms with Crippen LogP contribution in [-0.4, -0.2) is 38.4 Å². The van der Waals surface area contributed by atoms with E-state index in [1.54, 1.807) is 0 Å². The van der Waals surface area contributed by atoms with E-state index in [9.17, 15) is 0 Å². The number of nitrogens with one attached hydrogen (secondary N) is 2. The summed E-state index contributed by atoms with van der Waals surface area (Å²) in [5, 5.41) is 6.31. The summed E-state index contributed by atoms with van der Waals surface area (Å²) in [4.78, 5) is 0. The Labute approximate surface area is 66.8 Å². The first-order valence-electron chi connectivity index (χ1n) is 4.19. The van der Waals surface area contributed by atoms with Gasteiger partial charge in [-0.15, -0.1) is 0 Å². The molecule has 0 aromatic rings. The van der Waals surface area contributed by atoms with Gasteiger partial charge in [0.1, 0.15) is 0 Å². The molecule has 0 aromatic heterocycles. The summed E-state index contributed by atoms with van der Waals surface area (Å²) in [6.07, 6.45) is 5.45. The SMILES string of the molecule is C1=CCNC1.C1NCC2OC12. The number of rotatable bonds is 0. The fourth-order valence-corrected chi connectivity index (χ4v) is 1.32. The number of hydrogen-bond donors (Lipinski definition) is 2. The standard InChI is InChI=1S/C4H7NO.C4H7N/c1-3-4(6-3)2-5-1;1-2-4-5-3-1/h3-5H,1-2H2;1-2,5H,3-4H2. The smallest absolute Gasteiger partial charge is 0.0979 e.